The van der Waals surface area contributed by atoms with E-state index >= 15 is 0 Å². The Balaban J connectivity index is 3.18. The number of hydrogen-bond donors (Lipinski definition) is 1. The van der Waals surface area contributed by atoms with Crippen LogP contribution in [0.5, 0.6) is 0 Å². The first kappa shape index (κ1) is 11.6. The number of nitrogens with two attached hydrogens (primary N) is 1. The molecule has 0 amide bonds. The van der Waals surface area contributed by atoms with Crippen LogP contribution in [0.3, 0.4) is 0 Å². The van der Waals surface area contributed by atoms with Gasteiger partial charge in [-0.15, -0.1) is 0 Å². The van der Waals surface area contributed by atoms with E-state index in [0.29, 0.717) is 5.56 Å². The van der Waals surface area contributed by atoms with Crippen molar-refractivity contribution in [2.75, 3.05) is 6.54 Å². The predicted octanol–water partition coefficient (Wildman–Crippen LogP) is 2.26. The van der Waals surface area contributed by atoms with Gasteiger partial charge in [-0.05, 0) is 25.5 Å². The highest BCUT2D eigenvalue weighted by Crippen LogP contribution is 2.32. The summed E-state index contributed by atoms with van der Waals surface area (Å²) < 4.78 is 13.6. The second kappa shape index (κ2) is 4.84. The maximum absolute atomic E-state index is 13.6. The molecule has 0 saturated heterocycles. The van der Waals surface area contributed by atoms with E-state index in [9.17, 15) is 14.5 Å². The van der Waals surface area contributed by atoms with Crippen LogP contribution < -0.4 is 5.73 Å². The SMILES string of the molecule is Cc1cccc([N+](=O)[O-])c1C(F)CCN. The summed E-state index contributed by atoms with van der Waals surface area (Å²) in [6, 6.07) is 4.52. The molecular weight excluding hydrogens is 199 g/mol. The Morgan fingerprint density at radius 2 is 2.27 bits per heavy atom. The van der Waals surface area contributed by atoms with E-state index in [1.54, 1.807) is 19.1 Å². The van der Waals surface area contributed by atoms with Gasteiger partial charge in [0.2, 0.25) is 0 Å². The van der Waals surface area contributed by atoms with E-state index in [1.807, 2.05) is 0 Å². The maximum Gasteiger partial charge on any atom is 0.275 e. The minimum atomic E-state index is -1.36. The first-order valence-electron chi connectivity index (χ1n) is 4.66. The molecule has 5 heteroatoms. The normalized spacial score (nSPS) is 12.5. The third-order valence-corrected chi connectivity index (χ3v) is 2.23. The summed E-state index contributed by atoms with van der Waals surface area (Å²) in [6.45, 7) is 1.83. The molecule has 0 heterocycles. The molecule has 0 bridgehead atoms. The lowest BCUT2D eigenvalue weighted by Crippen LogP contribution is -2.07. The molecule has 0 radical (unpaired) electrons. The zero-order valence-electron chi connectivity index (χ0n) is 8.44. The topological polar surface area (TPSA) is 69.2 Å². The zero-order valence-corrected chi connectivity index (χ0v) is 8.44. The lowest BCUT2D eigenvalue weighted by Gasteiger charge is -2.10. The molecule has 1 aromatic carbocycles. The van der Waals surface area contributed by atoms with Crippen LogP contribution in [0, 0.1) is 17.0 Å². The van der Waals surface area contributed by atoms with Crippen LogP contribution in [0.4, 0.5) is 10.1 Å². The van der Waals surface area contributed by atoms with Gasteiger partial charge in [0.25, 0.3) is 5.69 Å². The summed E-state index contributed by atoms with van der Waals surface area (Å²) in [7, 11) is 0. The highest BCUT2D eigenvalue weighted by atomic mass is 19.1. The fraction of sp³-hybridized carbons (Fsp3) is 0.400. The number of nitrogens with zero attached hydrogens (tertiary/aromatic N) is 1. The van der Waals surface area contributed by atoms with Crippen LogP contribution in [0.1, 0.15) is 23.7 Å². The number of hydrogen-bond acceptors (Lipinski definition) is 3. The molecule has 0 aliphatic heterocycles. The van der Waals surface area contributed by atoms with Crippen molar-refractivity contribution >= 4 is 5.69 Å². The lowest BCUT2D eigenvalue weighted by atomic mass is 10.0. The fourth-order valence-electron chi connectivity index (χ4n) is 1.52. The average Bonchev–Trinajstić information content (AvgIpc) is 2.17. The van der Waals surface area contributed by atoms with E-state index in [-0.39, 0.29) is 24.2 Å². The van der Waals surface area contributed by atoms with Crippen LogP contribution >= 0.6 is 0 Å². The van der Waals surface area contributed by atoms with Gasteiger partial charge in [-0.3, -0.25) is 10.1 Å². The van der Waals surface area contributed by atoms with E-state index in [1.165, 1.54) is 6.07 Å². The van der Waals surface area contributed by atoms with Gasteiger partial charge in [0, 0.05) is 6.07 Å². The minimum Gasteiger partial charge on any atom is -0.330 e. The molecule has 0 aliphatic carbocycles. The molecule has 0 aliphatic rings. The van der Waals surface area contributed by atoms with Crippen LogP contribution in [0.25, 0.3) is 0 Å². The van der Waals surface area contributed by atoms with Crippen molar-refractivity contribution in [1.29, 1.82) is 0 Å². The average molecular weight is 212 g/mol. The Morgan fingerprint density at radius 1 is 1.60 bits per heavy atom. The Kier molecular flexibility index (Phi) is 3.74. The monoisotopic (exact) mass is 212 g/mol. The largest absolute Gasteiger partial charge is 0.330 e. The Labute approximate surface area is 87.0 Å². The van der Waals surface area contributed by atoms with E-state index in [0.717, 1.165) is 0 Å². The molecule has 1 atom stereocenters. The molecule has 0 aromatic heterocycles. The van der Waals surface area contributed by atoms with Crippen molar-refractivity contribution in [2.24, 2.45) is 5.73 Å². The third-order valence-electron chi connectivity index (χ3n) is 2.23. The second-order valence-corrected chi connectivity index (χ2v) is 3.31. The van der Waals surface area contributed by atoms with E-state index < -0.39 is 11.1 Å². The van der Waals surface area contributed by atoms with Gasteiger partial charge in [0.05, 0.1) is 10.5 Å². The van der Waals surface area contributed by atoms with Crippen molar-refractivity contribution in [2.45, 2.75) is 19.5 Å². The summed E-state index contributed by atoms with van der Waals surface area (Å²) >= 11 is 0. The van der Waals surface area contributed by atoms with Crippen LogP contribution in [-0.2, 0) is 0 Å². The summed E-state index contributed by atoms with van der Waals surface area (Å²) in [5, 5.41) is 10.7. The van der Waals surface area contributed by atoms with Crippen molar-refractivity contribution in [3.8, 4) is 0 Å². The minimum absolute atomic E-state index is 0.103. The number of nitro benzene ring substituents is 1. The molecule has 0 spiro atoms. The number of aryl methyl sites for hydroxylation is 1. The van der Waals surface area contributed by atoms with Gasteiger partial charge in [0.15, 0.2) is 0 Å². The van der Waals surface area contributed by atoms with Crippen molar-refractivity contribution in [3.05, 3.63) is 39.4 Å². The Bertz CT molecular complexity index is 368. The molecule has 0 fully saturated rings. The highest BCUT2D eigenvalue weighted by molar-refractivity contribution is 5.46. The molecule has 1 rings (SSSR count). The first-order chi connectivity index (χ1) is 7.07. The first-order valence-corrected chi connectivity index (χ1v) is 4.66. The Morgan fingerprint density at radius 3 is 2.80 bits per heavy atom. The van der Waals surface area contributed by atoms with E-state index in [2.05, 4.69) is 0 Å². The third kappa shape index (κ3) is 2.50. The van der Waals surface area contributed by atoms with Crippen molar-refractivity contribution < 1.29 is 9.31 Å². The van der Waals surface area contributed by atoms with Crippen molar-refractivity contribution in [1.82, 2.24) is 0 Å². The van der Waals surface area contributed by atoms with Gasteiger partial charge < -0.3 is 5.73 Å². The number of alkyl halides is 1. The number of nitro groups is 1. The molecule has 0 saturated carbocycles. The van der Waals surface area contributed by atoms with Gasteiger partial charge >= 0.3 is 0 Å². The number of benzene rings is 1. The second-order valence-electron chi connectivity index (χ2n) is 3.31. The maximum atomic E-state index is 13.6. The van der Waals surface area contributed by atoms with Crippen molar-refractivity contribution in [3.63, 3.8) is 0 Å². The van der Waals surface area contributed by atoms with Gasteiger partial charge in [0.1, 0.15) is 6.17 Å². The molecule has 1 unspecified atom stereocenters. The molecule has 82 valence electrons. The van der Waals surface area contributed by atoms with Gasteiger partial charge in [-0.25, -0.2) is 4.39 Å². The van der Waals surface area contributed by atoms with Crippen LogP contribution in [0.15, 0.2) is 18.2 Å². The van der Waals surface area contributed by atoms with Crippen LogP contribution in [0.2, 0.25) is 0 Å². The molecule has 4 nitrogen and oxygen atoms in total. The number of halogens is 1. The van der Waals surface area contributed by atoms with Gasteiger partial charge in [-0.2, -0.15) is 0 Å². The standard InChI is InChI=1S/C10H13FN2O2/c1-7-3-2-4-9(13(14)15)10(7)8(11)5-6-12/h2-4,8H,5-6,12H2,1H3. The summed E-state index contributed by atoms with van der Waals surface area (Å²) in [6.07, 6.45) is -1.26. The Hall–Kier alpha value is -1.49. The summed E-state index contributed by atoms with van der Waals surface area (Å²) in [4.78, 5) is 10.1. The zero-order chi connectivity index (χ0) is 11.4. The summed E-state index contributed by atoms with van der Waals surface area (Å²) in [5.74, 6) is 0. The molecule has 2 N–H and O–H groups in total. The lowest BCUT2D eigenvalue weighted by molar-refractivity contribution is -0.386. The molecule has 1 aromatic rings. The predicted molar refractivity (Wildman–Crippen MR) is 55.4 cm³/mol. The quantitative estimate of drug-likeness (QED) is 0.614. The fourth-order valence-corrected chi connectivity index (χ4v) is 1.52. The van der Waals surface area contributed by atoms with Gasteiger partial charge in [-0.1, -0.05) is 12.1 Å². The number of rotatable bonds is 4. The van der Waals surface area contributed by atoms with E-state index in [4.69, 9.17) is 5.73 Å². The molecule has 15 heavy (non-hydrogen) atoms. The smallest absolute Gasteiger partial charge is 0.275 e. The van der Waals surface area contributed by atoms with Crippen LogP contribution in [-0.4, -0.2) is 11.5 Å². The molecular formula is C10H13FN2O2. The highest BCUT2D eigenvalue weighted by Gasteiger charge is 2.22. The summed E-state index contributed by atoms with van der Waals surface area (Å²) in [5.41, 5.74) is 5.80.